The van der Waals surface area contributed by atoms with E-state index in [1.165, 1.54) is 12.3 Å². The Morgan fingerprint density at radius 3 is 2.35 bits per heavy atom. The van der Waals surface area contributed by atoms with Crippen LogP contribution in [-0.4, -0.2) is 35.0 Å². The number of nitrogens with zero attached hydrogens (tertiary/aromatic N) is 1. The molecule has 0 unspecified atom stereocenters. The topological polar surface area (TPSA) is 118 Å². The van der Waals surface area contributed by atoms with Crippen molar-refractivity contribution in [2.45, 2.75) is 6.18 Å². The summed E-state index contributed by atoms with van der Waals surface area (Å²) in [5.41, 5.74) is 5.29. The second kappa shape index (κ2) is 6.48. The van der Waals surface area contributed by atoms with Crippen molar-refractivity contribution in [3.8, 4) is 0 Å². The van der Waals surface area contributed by atoms with Gasteiger partial charge in [-0.25, -0.2) is 4.79 Å². The summed E-state index contributed by atoms with van der Waals surface area (Å²) in [6, 6.07) is 1.46. The third-order valence-corrected chi connectivity index (χ3v) is 1.18. The van der Waals surface area contributed by atoms with Gasteiger partial charge in [-0.2, -0.15) is 13.2 Å². The van der Waals surface area contributed by atoms with Gasteiger partial charge in [0, 0.05) is 6.07 Å². The quantitative estimate of drug-likeness (QED) is 0.638. The highest BCUT2D eigenvalue weighted by atomic mass is 19.4. The molecule has 4 N–H and O–H groups in total. The molecule has 0 radical (unpaired) electrons. The molecule has 17 heavy (non-hydrogen) atoms. The predicted molar refractivity (Wildman–Crippen MR) is 46.7 cm³/mol. The maximum absolute atomic E-state index is 10.8. The van der Waals surface area contributed by atoms with Crippen LogP contribution in [0.25, 0.3) is 0 Å². The van der Waals surface area contributed by atoms with Crippen LogP contribution in [0.15, 0.2) is 16.9 Å². The molecule has 0 fully saturated rings. The molecule has 1 rings (SSSR count). The first-order valence-corrected chi connectivity index (χ1v) is 3.97. The van der Waals surface area contributed by atoms with E-state index in [0.717, 1.165) is 0 Å². The highest BCUT2D eigenvalue weighted by Gasteiger charge is 2.38. The lowest BCUT2D eigenvalue weighted by atomic mass is 10.4. The summed E-state index contributed by atoms with van der Waals surface area (Å²) in [5, 5.41) is 12.9. The average molecular weight is 255 g/mol. The number of carboxylic acids is 1. The van der Waals surface area contributed by atoms with E-state index in [0.29, 0.717) is 0 Å². The van der Waals surface area contributed by atoms with Crippen molar-refractivity contribution in [1.82, 2.24) is 10.5 Å². The molecule has 1 aromatic rings. The van der Waals surface area contributed by atoms with E-state index >= 15 is 0 Å². The summed E-state index contributed by atoms with van der Waals surface area (Å²) in [5.74, 6) is -3.08. The van der Waals surface area contributed by atoms with Crippen molar-refractivity contribution in [1.29, 1.82) is 0 Å². The van der Waals surface area contributed by atoms with E-state index < -0.39 is 12.1 Å². The lowest BCUT2D eigenvalue weighted by Gasteiger charge is -1.94. The number of aliphatic carboxylic acids is 1. The fourth-order valence-corrected chi connectivity index (χ4v) is 0.513. The zero-order valence-corrected chi connectivity index (χ0v) is 8.19. The van der Waals surface area contributed by atoms with Crippen LogP contribution in [0, 0.1) is 0 Å². The molecular weight excluding hydrogens is 247 g/mol. The van der Waals surface area contributed by atoms with Crippen LogP contribution in [-0.2, 0) is 4.79 Å². The molecule has 1 aromatic heterocycles. The third kappa shape index (κ3) is 6.14. The van der Waals surface area contributed by atoms with Crippen LogP contribution in [0.1, 0.15) is 10.5 Å². The van der Waals surface area contributed by atoms with Crippen LogP contribution in [0.5, 0.6) is 0 Å². The van der Waals surface area contributed by atoms with Crippen molar-refractivity contribution in [2.75, 3.05) is 6.67 Å². The second-order valence-corrected chi connectivity index (χ2v) is 2.40. The minimum absolute atomic E-state index is 0.103. The molecule has 0 aromatic carbocycles. The number of nitrogens with two attached hydrogens (primary N) is 1. The maximum atomic E-state index is 10.8. The van der Waals surface area contributed by atoms with E-state index in [9.17, 15) is 18.0 Å². The van der Waals surface area contributed by atoms with Gasteiger partial charge >= 0.3 is 12.1 Å². The molecule has 1 amide bonds. The molecule has 96 valence electrons. The van der Waals surface area contributed by atoms with E-state index in [-0.39, 0.29) is 18.3 Å². The molecule has 10 heteroatoms. The number of carbonyl (C=O) groups excluding carboxylic acids is 1. The molecule has 0 aliphatic carbocycles. The fourth-order valence-electron chi connectivity index (χ4n) is 0.513. The van der Waals surface area contributed by atoms with Gasteiger partial charge < -0.3 is 20.7 Å². The summed E-state index contributed by atoms with van der Waals surface area (Å²) < 4.78 is 36.2. The Kier molecular flexibility index (Phi) is 5.68. The summed E-state index contributed by atoms with van der Waals surface area (Å²) in [6.07, 6.45) is -3.76. The molecule has 7 nitrogen and oxygen atoms in total. The number of hydrogen-bond acceptors (Lipinski definition) is 5. The van der Waals surface area contributed by atoms with E-state index in [1.807, 2.05) is 0 Å². The Hall–Kier alpha value is -2.10. The van der Waals surface area contributed by atoms with E-state index in [1.54, 1.807) is 0 Å². The smallest absolute Gasteiger partial charge is 0.475 e. The normalized spacial score (nSPS) is 10.1. The first-order valence-electron chi connectivity index (χ1n) is 3.97. The fraction of sp³-hybridized carbons (Fsp3) is 0.286. The summed E-state index contributed by atoms with van der Waals surface area (Å²) >= 11 is 0. The van der Waals surface area contributed by atoms with Gasteiger partial charge in [0.1, 0.15) is 6.26 Å². The maximum Gasteiger partial charge on any atom is 0.490 e. The van der Waals surface area contributed by atoms with Crippen molar-refractivity contribution in [2.24, 2.45) is 5.73 Å². The van der Waals surface area contributed by atoms with Gasteiger partial charge in [-0.15, -0.1) is 0 Å². The van der Waals surface area contributed by atoms with Crippen LogP contribution < -0.4 is 11.1 Å². The summed E-state index contributed by atoms with van der Waals surface area (Å²) in [4.78, 5) is 19.7. The van der Waals surface area contributed by atoms with Gasteiger partial charge in [0.2, 0.25) is 0 Å². The minimum Gasteiger partial charge on any atom is -0.475 e. The Bertz CT molecular complexity index is 363. The Morgan fingerprint density at radius 1 is 1.53 bits per heavy atom. The molecule has 0 atom stereocenters. The van der Waals surface area contributed by atoms with E-state index in [2.05, 4.69) is 15.0 Å². The number of aromatic nitrogens is 1. The van der Waals surface area contributed by atoms with Crippen LogP contribution in [0.4, 0.5) is 13.2 Å². The number of hydrogen-bond donors (Lipinski definition) is 3. The SMILES string of the molecule is NCNC(=O)c1ccon1.O=C(O)C(F)(F)F. The standard InChI is InChI=1S/C5H7N3O2.C2HF3O2/c6-3-7-5(9)4-1-2-10-8-4;3-2(4,5)1(6)7/h1-2H,3,6H2,(H,7,9);(H,6,7). The van der Waals surface area contributed by atoms with Gasteiger partial charge in [-0.1, -0.05) is 5.16 Å². The molecule has 0 saturated heterocycles. The first-order chi connectivity index (χ1) is 7.79. The Balaban J connectivity index is 0.000000325. The molecular formula is C7H8F3N3O4. The van der Waals surface area contributed by atoms with Gasteiger partial charge in [-0.05, 0) is 0 Å². The second-order valence-electron chi connectivity index (χ2n) is 2.40. The first kappa shape index (κ1) is 14.9. The number of carbonyl (C=O) groups is 2. The van der Waals surface area contributed by atoms with Crippen molar-refractivity contribution < 1.29 is 32.4 Å². The summed E-state index contributed by atoms with van der Waals surface area (Å²) in [6.45, 7) is 0.103. The lowest BCUT2D eigenvalue weighted by Crippen LogP contribution is -2.29. The zero-order valence-electron chi connectivity index (χ0n) is 8.19. The van der Waals surface area contributed by atoms with Crippen LogP contribution in [0.3, 0.4) is 0 Å². The predicted octanol–water partition coefficient (Wildman–Crippen LogP) is -0.0461. The van der Waals surface area contributed by atoms with Gasteiger partial charge in [0.05, 0.1) is 6.67 Å². The zero-order chi connectivity index (χ0) is 13.5. The number of halogens is 3. The lowest BCUT2D eigenvalue weighted by molar-refractivity contribution is -0.192. The van der Waals surface area contributed by atoms with E-state index in [4.69, 9.17) is 15.6 Å². The molecule has 0 saturated carbocycles. The van der Waals surface area contributed by atoms with Crippen LogP contribution >= 0.6 is 0 Å². The number of alkyl halides is 3. The molecule has 0 aliphatic heterocycles. The van der Waals surface area contributed by atoms with Crippen molar-refractivity contribution in [3.05, 3.63) is 18.0 Å². The molecule has 0 spiro atoms. The molecule has 0 aliphatic rings. The monoisotopic (exact) mass is 255 g/mol. The molecule has 1 heterocycles. The number of amides is 1. The van der Waals surface area contributed by atoms with Gasteiger partial charge in [0.25, 0.3) is 5.91 Å². The highest BCUT2D eigenvalue weighted by Crippen LogP contribution is 2.13. The van der Waals surface area contributed by atoms with Crippen molar-refractivity contribution in [3.63, 3.8) is 0 Å². The van der Waals surface area contributed by atoms with Gasteiger partial charge in [-0.3, -0.25) is 4.79 Å². The largest absolute Gasteiger partial charge is 0.490 e. The number of rotatable bonds is 2. The van der Waals surface area contributed by atoms with Crippen LogP contribution in [0.2, 0.25) is 0 Å². The van der Waals surface area contributed by atoms with Gasteiger partial charge in [0.15, 0.2) is 5.69 Å². The molecule has 0 bridgehead atoms. The Labute approximate surface area is 92.4 Å². The highest BCUT2D eigenvalue weighted by molar-refractivity contribution is 5.91. The third-order valence-electron chi connectivity index (χ3n) is 1.18. The number of carboxylic acid groups (broad SMARTS) is 1. The van der Waals surface area contributed by atoms with Crippen molar-refractivity contribution >= 4 is 11.9 Å². The Morgan fingerprint density at radius 2 is 2.06 bits per heavy atom. The summed E-state index contributed by atoms with van der Waals surface area (Å²) in [7, 11) is 0. The minimum atomic E-state index is -5.08. The average Bonchev–Trinajstić information content (AvgIpc) is 2.70. The number of nitrogens with one attached hydrogen (secondary N) is 1.